The van der Waals surface area contributed by atoms with Gasteiger partial charge < -0.3 is 15.2 Å². The summed E-state index contributed by atoms with van der Waals surface area (Å²) in [6, 6.07) is 14.1. The first-order valence-electron chi connectivity index (χ1n) is 7.24. The number of para-hydroxylation sites is 1. The maximum absolute atomic E-state index is 10.0. The number of nitrogens with one attached hydrogen (secondary N) is 1. The molecular formula is C18H23NO2. The van der Waals surface area contributed by atoms with Gasteiger partial charge in [-0.1, -0.05) is 30.3 Å². The van der Waals surface area contributed by atoms with E-state index in [4.69, 9.17) is 4.74 Å². The molecule has 0 fully saturated rings. The van der Waals surface area contributed by atoms with Gasteiger partial charge in [-0.3, -0.25) is 0 Å². The summed E-state index contributed by atoms with van der Waals surface area (Å²) < 4.78 is 5.65. The lowest BCUT2D eigenvalue weighted by molar-refractivity contribution is 0.117. The minimum absolute atomic E-state index is 0.280. The number of rotatable bonds is 6. The molecule has 0 radical (unpaired) electrons. The predicted molar refractivity (Wildman–Crippen MR) is 87.1 cm³/mol. The third kappa shape index (κ3) is 4.50. The summed E-state index contributed by atoms with van der Waals surface area (Å²) in [5.41, 5.74) is 4.51. The van der Waals surface area contributed by atoms with Crippen LogP contribution in [0.4, 0.5) is 5.69 Å². The van der Waals surface area contributed by atoms with Crippen molar-refractivity contribution in [3.63, 3.8) is 0 Å². The molecule has 2 aromatic rings. The molecule has 3 heteroatoms. The van der Waals surface area contributed by atoms with Crippen LogP contribution < -0.4 is 10.1 Å². The van der Waals surface area contributed by atoms with E-state index in [1.165, 1.54) is 11.1 Å². The first-order valence-corrected chi connectivity index (χ1v) is 7.24. The van der Waals surface area contributed by atoms with Crippen LogP contribution in [0, 0.1) is 20.8 Å². The number of aryl methyl sites for hydroxylation is 3. The molecule has 112 valence electrons. The maximum atomic E-state index is 10.0. The molecule has 0 saturated heterocycles. The van der Waals surface area contributed by atoms with E-state index in [0.717, 1.165) is 17.0 Å². The Morgan fingerprint density at radius 3 is 2.57 bits per heavy atom. The Labute approximate surface area is 126 Å². The number of hydrogen-bond acceptors (Lipinski definition) is 3. The van der Waals surface area contributed by atoms with Crippen molar-refractivity contribution in [2.45, 2.75) is 26.9 Å². The maximum Gasteiger partial charge on any atom is 0.122 e. The van der Waals surface area contributed by atoms with Gasteiger partial charge in [-0.15, -0.1) is 0 Å². The normalized spacial score (nSPS) is 12.0. The van der Waals surface area contributed by atoms with Gasteiger partial charge in [0.1, 0.15) is 18.5 Å². The molecule has 0 bridgehead atoms. The van der Waals surface area contributed by atoms with Gasteiger partial charge in [-0.25, -0.2) is 0 Å². The Bertz CT molecular complexity index is 596. The van der Waals surface area contributed by atoms with E-state index >= 15 is 0 Å². The highest BCUT2D eigenvalue weighted by molar-refractivity contribution is 5.52. The summed E-state index contributed by atoms with van der Waals surface area (Å²) in [5, 5.41) is 13.3. The van der Waals surface area contributed by atoms with Crippen LogP contribution in [0.3, 0.4) is 0 Å². The van der Waals surface area contributed by atoms with Crippen LogP contribution >= 0.6 is 0 Å². The Balaban J connectivity index is 1.84. The minimum atomic E-state index is -0.551. The first-order chi connectivity index (χ1) is 10.1. The molecule has 0 aliphatic carbocycles. The van der Waals surface area contributed by atoms with Crippen molar-refractivity contribution in [1.29, 1.82) is 0 Å². The third-order valence-electron chi connectivity index (χ3n) is 3.45. The number of benzene rings is 2. The van der Waals surface area contributed by atoms with Gasteiger partial charge in [0, 0.05) is 12.2 Å². The van der Waals surface area contributed by atoms with Gasteiger partial charge in [-0.05, 0) is 49.6 Å². The van der Waals surface area contributed by atoms with Crippen molar-refractivity contribution in [2.24, 2.45) is 0 Å². The number of hydrogen-bond donors (Lipinski definition) is 2. The fraction of sp³-hybridized carbons (Fsp3) is 0.333. The van der Waals surface area contributed by atoms with Crippen molar-refractivity contribution in [3.8, 4) is 5.75 Å². The molecule has 0 spiro atoms. The smallest absolute Gasteiger partial charge is 0.122 e. The molecule has 0 aliphatic heterocycles. The average molecular weight is 285 g/mol. The van der Waals surface area contributed by atoms with Crippen LogP contribution in [0.2, 0.25) is 0 Å². The molecule has 3 nitrogen and oxygen atoms in total. The van der Waals surface area contributed by atoms with Crippen LogP contribution in [-0.2, 0) is 0 Å². The van der Waals surface area contributed by atoms with E-state index in [0.29, 0.717) is 6.54 Å². The Morgan fingerprint density at radius 1 is 1.05 bits per heavy atom. The van der Waals surface area contributed by atoms with Gasteiger partial charge in [0.25, 0.3) is 0 Å². The molecule has 2 rings (SSSR count). The highest BCUT2D eigenvalue weighted by atomic mass is 16.5. The largest absolute Gasteiger partial charge is 0.491 e. The van der Waals surface area contributed by atoms with E-state index in [1.807, 2.05) is 31.2 Å². The van der Waals surface area contributed by atoms with Crippen molar-refractivity contribution in [2.75, 3.05) is 18.5 Å². The van der Waals surface area contributed by atoms with Gasteiger partial charge in [0.05, 0.1) is 0 Å². The second-order valence-corrected chi connectivity index (χ2v) is 5.43. The van der Waals surface area contributed by atoms with Crippen LogP contribution in [0.25, 0.3) is 0 Å². The third-order valence-corrected chi connectivity index (χ3v) is 3.45. The number of aliphatic hydroxyl groups is 1. The highest BCUT2D eigenvalue weighted by Gasteiger charge is 2.07. The quantitative estimate of drug-likeness (QED) is 0.854. The van der Waals surface area contributed by atoms with Crippen molar-refractivity contribution >= 4 is 5.69 Å². The lowest BCUT2D eigenvalue weighted by Gasteiger charge is -2.16. The Morgan fingerprint density at radius 2 is 1.81 bits per heavy atom. The van der Waals surface area contributed by atoms with Crippen LogP contribution in [0.5, 0.6) is 5.75 Å². The summed E-state index contributed by atoms with van der Waals surface area (Å²) in [4.78, 5) is 0. The molecule has 2 aromatic carbocycles. The van der Waals surface area contributed by atoms with E-state index < -0.39 is 6.10 Å². The zero-order chi connectivity index (χ0) is 15.2. The molecule has 1 atom stereocenters. The zero-order valence-corrected chi connectivity index (χ0v) is 12.9. The average Bonchev–Trinajstić information content (AvgIpc) is 2.47. The van der Waals surface area contributed by atoms with Crippen LogP contribution in [0.15, 0.2) is 42.5 Å². The van der Waals surface area contributed by atoms with Crippen molar-refractivity contribution < 1.29 is 9.84 Å². The fourth-order valence-electron chi connectivity index (χ4n) is 2.12. The summed E-state index contributed by atoms with van der Waals surface area (Å²) in [5.74, 6) is 0.822. The predicted octanol–water partition coefficient (Wildman–Crippen LogP) is 3.46. The second-order valence-electron chi connectivity index (χ2n) is 5.43. The van der Waals surface area contributed by atoms with Gasteiger partial charge >= 0.3 is 0 Å². The van der Waals surface area contributed by atoms with E-state index in [-0.39, 0.29) is 6.61 Å². The lowest BCUT2D eigenvalue weighted by Crippen LogP contribution is -2.26. The molecule has 1 unspecified atom stereocenters. The molecule has 21 heavy (non-hydrogen) atoms. The number of anilines is 1. The summed E-state index contributed by atoms with van der Waals surface area (Å²) in [6.45, 7) is 6.86. The molecule has 0 aliphatic rings. The monoisotopic (exact) mass is 285 g/mol. The highest BCUT2D eigenvalue weighted by Crippen LogP contribution is 2.17. The minimum Gasteiger partial charge on any atom is -0.491 e. The molecule has 0 saturated carbocycles. The molecule has 0 aromatic heterocycles. The van der Waals surface area contributed by atoms with E-state index in [1.54, 1.807) is 0 Å². The SMILES string of the molecule is Cc1ccc(C)c(NCC(O)COc2ccccc2C)c1. The number of ether oxygens (including phenoxy) is 1. The van der Waals surface area contributed by atoms with E-state index in [9.17, 15) is 5.11 Å². The summed E-state index contributed by atoms with van der Waals surface area (Å²) in [7, 11) is 0. The van der Waals surface area contributed by atoms with Gasteiger partial charge in [0.2, 0.25) is 0 Å². The summed E-state index contributed by atoms with van der Waals surface area (Å²) >= 11 is 0. The number of aliphatic hydroxyl groups excluding tert-OH is 1. The van der Waals surface area contributed by atoms with Crippen LogP contribution in [0.1, 0.15) is 16.7 Å². The molecule has 2 N–H and O–H groups in total. The van der Waals surface area contributed by atoms with Crippen molar-refractivity contribution in [1.82, 2.24) is 0 Å². The standard InChI is InChI=1S/C18H23NO2/c1-13-8-9-14(2)17(10-13)19-11-16(20)12-21-18-7-5-4-6-15(18)3/h4-10,16,19-20H,11-12H2,1-3H3. The topological polar surface area (TPSA) is 41.5 Å². The van der Waals surface area contributed by atoms with E-state index in [2.05, 4.69) is 37.4 Å². The summed E-state index contributed by atoms with van der Waals surface area (Å²) in [6.07, 6.45) is -0.551. The molecule has 0 heterocycles. The Kier molecular flexibility index (Phi) is 5.23. The fourth-order valence-corrected chi connectivity index (χ4v) is 2.12. The van der Waals surface area contributed by atoms with Gasteiger partial charge in [0.15, 0.2) is 0 Å². The second kappa shape index (κ2) is 7.14. The first kappa shape index (κ1) is 15.4. The molecule has 0 amide bonds. The van der Waals surface area contributed by atoms with Gasteiger partial charge in [-0.2, -0.15) is 0 Å². The van der Waals surface area contributed by atoms with Crippen molar-refractivity contribution in [3.05, 3.63) is 59.2 Å². The lowest BCUT2D eigenvalue weighted by atomic mass is 10.1. The zero-order valence-electron chi connectivity index (χ0n) is 12.9. The Hall–Kier alpha value is -2.00. The van der Waals surface area contributed by atoms with Crippen LogP contribution in [-0.4, -0.2) is 24.4 Å². The molecular weight excluding hydrogens is 262 g/mol.